The maximum absolute atomic E-state index is 10.8. The van der Waals surface area contributed by atoms with Crippen LogP contribution in [0.15, 0.2) is 23.2 Å². The second-order valence-electron chi connectivity index (χ2n) is 5.28. The third-order valence-electron chi connectivity index (χ3n) is 3.88. The van der Waals surface area contributed by atoms with E-state index in [2.05, 4.69) is 4.90 Å². The summed E-state index contributed by atoms with van der Waals surface area (Å²) in [6.45, 7) is 2.96. The first-order chi connectivity index (χ1) is 9.65. The van der Waals surface area contributed by atoms with Gasteiger partial charge in [0.25, 0.3) is 5.69 Å². The van der Waals surface area contributed by atoms with Crippen LogP contribution < -0.4 is 0 Å². The molecule has 0 saturated carbocycles. The van der Waals surface area contributed by atoms with Crippen LogP contribution in [0.3, 0.4) is 0 Å². The van der Waals surface area contributed by atoms with Crippen LogP contribution in [-0.4, -0.2) is 33.3 Å². The molecular weight excluding hydrogens is 274 g/mol. The summed E-state index contributed by atoms with van der Waals surface area (Å²) < 4.78 is 0. The third kappa shape index (κ3) is 2.52. The fourth-order valence-electron chi connectivity index (χ4n) is 2.76. The number of nitrogens with zero attached hydrogens (tertiary/aromatic N) is 3. The van der Waals surface area contributed by atoms with Gasteiger partial charge in [0.15, 0.2) is 5.17 Å². The molecule has 0 aliphatic carbocycles. The summed E-state index contributed by atoms with van der Waals surface area (Å²) in [5.74, 6) is 1.12. The summed E-state index contributed by atoms with van der Waals surface area (Å²) in [6.07, 6.45) is 3.80. The number of thioether (sulfide) groups is 1. The van der Waals surface area contributed by atoms with Crippen molar-refractivity contribution in [3.63, 3.8) is 0 Å². The summed E-state index contributed by atoms with van der Waals surface area (Å²) in [5, 5.41) is 11.8. The minimum atomic E-state index is -0.366. The molecule has 3 rings (SSSR count). The molecular formula is C14H17N3O2S. The lowest BCUT2D eigenvalue weighted by molar-refractivity contribution is -0.384. The van der Waals surface area contributed by atoms with Crippen molar-refractivity contribution in [1.82, 2.24) is 4.90 Å². The van der Waals surface area contributed by atoms with E-state index in [1.165, 1.54) is 25.3 Å². The Morgan fingerprint density at radius 3 is 3.05 bits per heavy atom. The fraction of sp³-hybridized carbons (Fsp3) is 0.500. The molecule has 0 spiro atoms. The molecule has 2 fully saturated rings. The lowest BCUT2D eigenvalue weighted by atomic mass is 10.1. The van der Waals surface area contributed by atoms with E-state index < -0.39 is 0 Å². The van der Waals surface area contributed by atoms with Crippen LogP contribution in [0.25, 0.3) is 0 Å². The summed E-state index contributed by atoms with van der Waals surface area (Å²) in [7, 11) is 0. The van der Waals surface area contributed by atoms with Gasteiger partial charge in [-0.1, -0.05) is 11.8 Å². The summed E-state index contributed by atoms with van der Waals surface area (Å²) in [5.41, 5.74) is 1.82. The van der Waals surface area contributed by atoms with E-state index in [4.69, 9.17) is 4.99 Å². The number of non-ortho nitro benzene ring substituents is 1. The molecule has 0 N–H and O–H groups in total. The molecule has 1 atom stereocenters. The number of rotatable bonds is 2. The normalized spacial score (nSPS) is 23.9. The number of aliphatic imine (C=N–C) groups is 1. The predicted molar refractivity (Wildman–Crippen MR) is 81.7 cm³/mol. The van der Waals surface area contributed by atoms with Crippen molar-refractivity contribution in [3.8, 4) is 0 Å². The Labute approximate surface area is 122 Å². The molecule has 6 heteroatoms. The number of aryl methyl sites for hydroxylation is 1. The average molecular weight is 291 g/mol. The standard InChI is InChI=1S/C14H17N3O2S/c1-10-8-11(17(18)19)5-6-13(10)15-14-16-7-3-2-4-12(16)9-20-14/h5-6,8,12H,2-4,7,9H2,1H3/b15-14-. The van der Waals surface area contributed by atoms with Gasteiger partial charge in [0.1, 0.15) is 0 Å². The van der Waals surface area contributed by atoms with Gasteiger partial charge in [0, 0.05) is 30.5 Å². The van der Waals surface area contributed by atoms with Crippen LogP contribution >= 0.6 is 11.8 Å². The number of amidine groups is 1. The van der Waals surface area contributed by atoms with Crippen LogP contribution in [0, 0.1) is 17.0 Å². The highest BCUT2D eigenvalue weighted by molar-refractivity contribution is 8.14. The second-order valence-corrected chi connectivity index (χ2v) is 6.26. The van der Waals surface area contributed by atoms with Gasteiger partial charge in [-0.25, -0.2) is 4.99 Å². The fourth-order valence-corrected chi connectivity index (χ4v) is 4.01. The zero-order valence-electron chi connectivity index (χ0n) is 11.4. The van der Waals surface area contributed by atoms with Crippen LogP contribution in [-0.2, 0) is 0 Å². The molecule has 2 aliphatic heterocycles. The first-order valence-electron chi connectivity index (χ1n) is 6.88. The zero-order chi connectivity index (χ0) is 14.1. The van der Waals surface area contributed by atoms with Crippen molar-refractivity contribution >= 4 is 28.3 Å². The monoisotopic (exact) mass is 291 g/mol. The second kappa shape index (κ2) is 5.44. The highest BCUT2D eigenvalue weighted by Crippen LogP contribution is 2.33. The van der Waals surface area contributed by atoms with Crippen molar-refractivity contribution < 1.29 is 4.92 Å². The summed E-state index contributed by atoms with van der Waals surface area (Å²) in [6, 6.07) is 5.50. The molecule has 1 aromatic rings. The molecule has 5 nitrogen and oxygen atoms in total. The summed E-state index contributed by atoms with van der Waals surface area (Å²) in [4.78, 5) is 17.5. The van der Waals surface area contributed by atoms with Crippen molar-refractivity contribution in [1.29, 1.82) is 0 Å². The highest BCUT2D eigenvalue weighted by Gasteiger charge is 2.32. The van der Waals surface area contributed by atoms with E-state index in [1.54, 1.807) is 23.9 Å². The molecule has 1 aromatic carbocycles. The lowest BCUT2D eigenvalue weighted by Gasteiger charge is -2.30. The van der Waals surface area contributed by atoms with Crippen molar-refractivity contribution in [3.05, 3.63) is 33.9 Å². The maximum atomic E-state index is 10.8. The number of fused-ring (bicyclic) bond motifs is 1. The number of nitro benzene ring substituents is 1. The Bertz CT molecular complexity index is 574. The van der Waals surface area contributed by atoms with Crippen molar-refractivity contribution in [2.24, 2.45) is 4.99 Å². The molecule has 2 heterocycles. The van der Waals surface area contributed by atoms with Gasteiger partial charge in [-0.3, -0.25) is 10.1 Å². The molecule has 0 aromatic heterocycles. The number of hydrogen-bond donors (Lipinski definition) is 0. The molecule has 0 bridgehead atoms. The van der Waals surface area contributed by atoms with Gasteiger partial charge in [0.05, 0.1) is 10.6 Å². The SMILES string of the molecule is Cc1cc([N+](=O)[O-])ccc1/N=C1\SCC2CCCCN12. The Balaban J connectivity index is 1.86. The Kier molecular flexibility index (Phi) is 3.65. The molecule has 0 amide bonds. The van der Waals surface area contributed by atoms with Crippen LogP contribution in [0.2, 0.25) is 0 Å². The average Bonchev–Trinajstić information content (AvgIpc) is 2.84. The van der Waals surface area contributed by atoms with Crippen LogP contribution in [0.4, 0.5) is 11.4 Å². The largest absolute Gasteiger partial charge is 0.347 e. The Hall–Kier alpha value is -1.56. The van der Waals surface area contributed by atoms with Gasteiger partial charge in [-0.15, -0.1) is 0 Å². The van der Waals surface area contributed by atoms with E-state index in [0.29, 0.717) is 6.04 Å². The molecule has 106 valence electrons. The van der Waals surface area contributed by atoms with Crippen molar-refractivity contribution in [2.45, 2.75) is 32.2 Å². The molecule has 2 saturated heterocycles. The molecule has 2 aliphatic rings. The van der Waals surface area contributed by atoms with Crippen LogP contribution in [0.1, 0.15) is 24.8 Å². The number of hydrogen-bond acceptors (Lipinski definition) is 4. The Morgan fingerprint density at radius 1 is 1.45 bits per heavy atom. The van der Waals surface area contributed by atoms with Gasteiger partial charge < -0.3 is 4.90 Å². The molecule has 20 heavy (non-hydrogen) atoms. The predicted octanol–water partition coefficient (Wildman–Crippen LogP) is 3.49. The van der Waals surface area contributed by atoms with Gasteiger partial charge in [-0.2, -0.15) is 0 Å². The van der Waals surface area contributed by atoms with E-state index in [9.17, 15) is 10.1 Å². The maximum Gasteiger partial charge on any atom is 0.269 e. The Morgan fingerprint density at radius 2 is 2.30 bits per heavy atom. The van der Waals surface area contributed by atoms with Gasteiger partial charge >= 0.3 is 0 Å². The zero-order valence-corrected chi connectivity index (χ0v) is 12.2. The first-order valence-corrected chi connectivity index (χ1v) is 7.87. The smallest absolute Gasteiger partial charge is 0.269 e. The minimum Gasteiger partial charge on any atom is -0.347 e. The molecule has 1 unspecified atom stereocenters. The third-order valence-corrected chi connectivity index (χ3v) is 5.02. The van der Waals surface area contributed by atoms with Gasteiger partial charge in [-0.05, 0) is 37.8 Å². The van der Waals surface area contributed by atoms with E-state index in [-0.39, 0.29) is 10.6 Å². The first kappa shape index (κ1) is 13.4. The van der Waals surface area contributed by atoms with Gasteiger partial charge in [0.2, 0.25) is 0 Å². The number of nitro groups is 1. The summed E-state index contributed by atoms with van der Waals surface area (Å²) >= 11 is 1.80. The van der Waals surface area contributed by atoms with Crippen LogP contribution in [0.5, 0.6) is 0 Å². The quantitative estimate of drug-likeness (QED) is 0.618. The minimum absolute atomic E-state index is 0.126. The number of piperidine rings is 1. The van der Waals surface area contributed by atoms with E-state index in [1.807, 2.05) is 6.92 Å². The molecule has 0 radical (unpaired) electrons. The van der Waals surface area contributed by atoms with Crippen molar-refractivity contribution in [2.75, 3.05) is 12.3 Å². The lowest BCUT2D eigenvalue weighted by Crippen LogP contribution is -2.37. The number of benzene rings is 1. The topological polar surface area (TPSA) is 58.7 Å². The van der Waals surface area contributed by atoms with E-state index >= 15 is 0 Å². The van der Waals surface area contributed by atoms with E-state index in [0.717, 1.165) is 28.7 Å². The highest BCUT2D eigenvalue weighted by atomic mass is 32.2.